The van der Waals surface area contributed by atoms with Crippen molar-refractivity contribution >= 4 is 16.7 Å². The SMILES string of the molecule is CC(C)C.CCOC(=O)C1CC(NCc2ccc3c(OC4CCCCC4)cccc3c2)C1(C)C. The lowest BCUT2D eigenvalue weighted by atomic mass is 9.58. The van der Waals surface area contributed by atoms with Gasteiger partial charge < -0.3 is 14.8 Å². The molecule has 2 aromatic rings. The maximum absolute atomic E-state index is 12.1. The van der Waals surface area contributed by atoms with Crippen LogP contribution in [0.15, 0.2) is 36.4 Å². The predicted octanol–water partition coefficient (Wildman–Crippen LogP) is 7.28. The Morgan fingerprint density at radius 1 is 1.09 bits per heavy atom. The van der Waals surface area contributed by atoms with Gasteiger partial charge in [0.1, 0.15) is 5.75 Å². The summed E-state index contributed by atoms with van der Waals surface area (Å²) >= 11 is 0. The number of hydrogen-bond donors (Lipinski definition) is 1. The molecule has 188 valence electrons. The smallest absolute Gasteiger partial charge is 0.309 e. The number of rotatable bonds is 7. The second kappa shape index (κ2) is 12.1. The standard InChI is InChI=1S/C26H35NO3.C4H10/c1-4-29-25(28)22-16-24(26(22,2)3)27-17-18-13-14-21-19(15-18)9-8-12-23(21)30-20-10-6-5-7-11-20;1-4(2)3/h8-9,12-15,20,22,24,27H,4-7,10-11,16-17H2,1-3H3;4H,1-3H3. The monoisotopic (exact) mass is 467 g/mol. The summed E-state index contributed by atoms with van der Waals surface area (Å²) in [7, 11) is 0. The third kappa shape index (κ3) is 6.75. The van der Waals surface area contributed by atoms with Crippen LogP contribution in [-0.4, -0.2) is 24.7 Å². The highest BCUT2D eigenvalue weighted by Gasteiger charge is 2.52. The average Bonchev–Trinajstić information content (AvgIpc) is 2.79. The van der Waals surface area contributed by atoms with Gasteiger partial charge in [0.05, 0.1) is 18.6 Å². The van der Waals surface area contributed by atoms with E-state index in [1.54, 1.807) is 0 Å². The van der Waals surface area contributed by atoms with Crippen molar-refractivity contribution in [2.24, 2.45) is 17.3 Å². The number of fused-ring (bicyclic) bond motifs is 1. The van der Waals surface area contributed by atoms with E-state index in [-0.39, 0.29) is 17.3 Å². The molecule has 2 unspecified atom stereocenters. The van der Waals surface area contributed by atoms with Gasteiger partial charge in [0.15, 0.2) is 0 Å². The Hall–Kier alpha value is -2.07. The number of ether oxygens (including phenoxy) is 2. The highest BCUT2D eigenvalue weighted by Crippen LogP contribution is 2.47. The summed E-state index contributed by atoms with van der Waals surface area (Å²) in [6.07, 6.45) is 7.44. The summed E-state index contributed by atoms with van der Waals surface area (Å²) in [5.74, 6) is 1.78. The lowest BCUT2D eigenvalue weighted by Crippen LogP contribution is -2.59. The third-order valence-corrected chi connectivity index (χ3v) is 7.14. The number of carbonyl (C=O) groups is 1. The molecule has 2 aromatic carbocycles. The molecule has 0 saturated heterocycles. The predicted molar refractivity (Wildman–Crippen MR) is 141 cm³/mol. The van der Waals surface area contributed by atoms with Crippen molar-refractivity contribution in [2.75, 3.05) is 6.61 Å². The van der Waals surface area contributed by atoms with E-state index in [9.17, 15) is 4.79 Å². The summed E-state index contributed by atoms with van der Waals surface area (Å²) in [6, 6.07) is 13.3. The second-order valence-electron chi connectivity index (χ2n) is 11.2. The largest absolute Gasteiger partial charge is 0.490 e. The molecule has 4 nitrogen and oxygen atoms in total. The van der Waals surface area contributed by atoms with E-state index in [1.807, 2.05) is 6.92 Å². The number of benzene rings is 2. The highest BCUT2D eigenvalue weighted by molar-refractivity contribution is 5.88. The topological polar surface area (TPSA) is 47.6 Å². The van der Waals surface area contributed by atoms with Crippen LogP contribution in [-0.2, 0) is 16.1 Å². The lowest BCUT2D eigenvalue weighted by Gasteiger charge is -2.51. The van der Waals surface area contributed by atoms with Gasteiger partial charge in [0.2, 0.25) is 0 Å². The van der Waals surface area contributed by atoms with Crippen LogP contribution in [0.4, 0.5) is 0 Å². The molecular weight excluding hydrogens is 422 g/mol. The molecule has 2 aliphatic rings. The summed E-state index contributed by atoms with van der Waals surface area (Å²) in [5.41, 5.74) is 1.18. The van der Waals surface area contributed by atoms with Crippen LogP contribution < -0.4 is 10.1 Å². The first-order chi connectivity index (χ1) is 16.2. The Bertz CT molecular complexity index is 927. The molecule has 4 heteroatoms. The third-order valence-electron chi connectivity index (χ3n) is 7.14. The second-order valence-corrected chi connectivity index (χ2v) is 11.2. The minimum atomic E-state index is -0.0793. The summed E-state index contributed by atoms with van der Waals surface area (Å²) in [6.45, 7) is 13.9. The molecule has 4 rings (SSSR count). The van der Waals surface area contributed by atoms with Gasteiger partial charge in [0, 0.05) is 18.0 Å². The van der Waals surface area contributed by atoms with E-state index in [1.165, 1.54) is 48.4 Å². The molecule has 1 N–H and O–H groups in total. The highest BCUT2D eigenvalue weighted by atomic mass is 16.5. The first-order valence-corrected chi connectivity index (χ1v) is 13.3. The minimum Gasteiger partial charge on any atom is -0.490 e. The van der Waals surface area contributed by atoms with Crippen LogP contribution in [0.3, 0.4) is 0 Å². The lowest BCUT2D eigenvalue weighted by molar-refractivity contribution is -0.161. The Labute approximate surface area is 206 Å². The van der Waals surface area contributed by atoms with E-state index in [0.717, 1.165) is 24.6 Å². The zero-order valence-electron chi connectivity index (χ0n) is 22.2. The summed E-state index contributed by atoms with van der Waals surface area (Å²) in [5, 5.41) is 6.07. The van der Waals surface area contributed by atoms with Crippen LogP contribution in [0.1, 0.15) is 85.6 Å². The van der Waals surface area contributed by atoms with Crippen molar-refractivity contribution in [1.29, 1.82) is 0 Å². The maximum atomic E-state index is 12.1. The van der Waals surface area contributed by atoms with Crippen LogP contribution in [0, 0.1) is 17.3 Å². The first kappa shape index (κ1) is 26.5. The van der Waals surface area contributed by atoms with Crippen LogP contribution in [0.25, 0.3) is 10.8 Å². The minimum absolute atomic E-state index is 0.00829. The van der Waals surface area contributed by atoms with Crippen molar-refractivity contribution in [3.63, 3.8) is 0 Å². The average molecular weight is 468 g/mol. The van der Waals surface area contributed by atoms with Gasteiger partial charge in [0.25, 0.3) is 0 Å². The zero-order chi connectivity index (χ0) is 24.7. The van der Waals surface area contributed by atoms with E-state index in [2.05, 4.69) is 76.3 Å². The fraction of sp³-hybridized carbons (Fsp3) is 0.633. The summed E-state index contributed by atoms with van der Waals surface area (Å²) in [4.78, 5) is 12.1. The quantitative estimate of drug-likeness (QED) is 0.435. The van der Waals surface area contributed by atoms with Gasteiger partial charge in [-0.15, -0.1) is 0 Å². The van der Waals surface area contributed by atoms with Crippen molar-refractivity contribution in [3.05, 3.63) is 42.0 Å². The van der Waals surface area contributed by atoms with Gasteiger partial charge in [-0.05, 0) is 73.4 Å². The Morgan fingerprint density at radius 3 is 2.44 bits per heavy atom. The molecule has 0 heterocycles. The molecule has 0 aliphatic heterocycles. The molecule has 34 heavy (non-hydrogen) atoms. The Kier molecular flexibility index (Phi) is 9.41. The van der Waals surface area contributed by atoms with Crippen molar-refractivity contribution in [3.8, 4) is 5.75 Å². The van der Waals surface area contributed by atoms with Gasteiger partial charge >= 0.3 is 5.97 Å². The number of hydrogen-bond acceptors (Lipinski definition) is 4. The fourth-order valence-corrected chi connectivity index (χ4v) is 5.03. The van der Waals surface area contributed by atoms with Crippen molar-refractivity contribution in [2.45, 2.75) is 98.8 Å². The molecule has 2 aliphatic carbocycles. The first-order valence-electron chi connectivity index (χ1n) is 13.3. The Morgan fingerprint density at radius 2 is 1.79 bits per heavy atom. The number of carbonyl (C=O) groups excluding carboxylic acids is 1. The van der Waals surface area contributed by atoms with Crippen molar-refractivity contribution < 1.29 is 14.3 Å². The number of nitrogens with one attached hydrogen (secondary N) is 1. The molecule has 2 atom stereocenters. The van der Waals surface area contributed by atoms with Gasteiger partial charge in [-0.2, -0.15) is 0 Å². The zero-order valence-corrected chi connectivity index (χ0v) is 22.2. The fourth-order valence-electron chi connectivity index (χ4n) is 5.03. The molecule has 0 amide bonds. The van der Waals surface area contributed by atoms with Crippen LogP contribution in [0.5, 0.6) is 5.75 Å². The molecule has 0 radical (unpaired) electrons. The molecule has 0 bridgehead atoms. The van der Waals surface area contributed by atoms with Crippen LogP contribution in [0.2, 0.25) is 0 Å². The van der Waals surface area contributed by atoms with Gasteiger partial charge in [-0.25, -0.2) is 0 Å². The molecular formula is C30H45NO3. The number of esters is 1. The van der Waals surface area contributed by atoms with Crippen molar-refractivity contribution in [1.82, 2.24) is 5.32 Å². The van der Waals surface area contributed by atoms with Crippen LogP contribution >= 0.6 is 0 Å². The van der Waals surface area contributed by atoms with E-state index >= 15 is 0 Å². The molecule has 0 spiro atoms. The van der Waals surface area contributed by atoms with Gasteiger partial charge in [-0.1, -0.05) is 65.3 Å². The molecule has 2 saturated carbocycles. The Balaban J connectivity index is 0.000000751. The molecule has 0 aromatic heterocycles. The van der Waals surface area contributed by atoms with E-state index in [4.69, 9.17) is 9.47 Å². The van der Waals surface area contributed by atoms with Gasteiger partial charge in [-0.3, -0.25) is 4.79 Å². The van der Waals surface area contributed by atoms with E-state index in [0.29, 0.717) is 18.8 Å². The molecule has 2 fully saturated rings. The maximum Gasteiger partial charge on any atom is 0.309 e. The normalized spacial score (nSPS) is 22.0. The van der Waals surface area contributed by atoms with E-state index < -0.39 is 0 Å². The summed E-state index contributed by atoms with van der Waals surface area (Å²) < 4.78 is 11.6.